The summed E-state index contributed by atoms with van der Waals surface area (Å²) in [6.45, 7) is 0. The van der Waals surface area contributed by atoms with Gasteiger partial charge in [0.25, 0.3) is 0 Å². The van der Waals surface area contributed by atoms with E-state index in [-0.39, 0.29) is 31.1 Å². The molecule has 18 heavy (non-hydrogen) atoms. The Morgan fingerprint density at radius 1 is 1.39 bits per heavy atom. The minimum absolute atomic E-state index is 0. The Kier molecular flexibility index (Phi) is 6.44. The van der Waals surface area contributed by atoms with Crippen molar-refractivity contribution in [1.82, 2.24) is 4.98 Å². The Morgan fingerprint density at radius 3 is 2.61 bits per heavy atom. The zero-order valence-electron chi connectivity index (χ0n) is 9.37. The lowest BCUT2D eigenvalue weighted by atomic mass is 10.1. The van der Waals surface area contributed by atoms with E-state index in [1.54, 1.807) is 6.07 Å². The average molecular weight is 273 g/mol. The van der Waals surface area contributed by atoms with E-state index in [2.05, 4.69) is 4.98 Å². The van der Waals surface area contributed by atoms with Gasteiger partial charge in [-0.25, -0.2) is 9.78 Å². The third-order valence-electron chi connectivity index (χ3n) is 2.05. The second-order valence-corrected chi connectivity index (χ2v) is 3.38. The van der Waals surface area contributed by atoms with Gasteiger partial charge in [0.1, 0.15) is 5.82 Å². The van der Waals surface area contributed by atoms with E-state index in [0.29, 0.717) is 11.1 Å². The van der Waals surface area contributed by atoms with Crippen molar-refractivity contribution >= 4 is 36.2 Å². The molecule has 0 aromatic carbocycles. The highest BCUT2D eigenvalue weighted by Crippen LogP contribution is 2.14. The van der Waals surface area contributed by atoms with Gasteiger partial charge in [0, 0.05) is 18.7 Å². The Balaban J connectivity index is 0.00000289. The third-order valence-corrected chi connectivity index (χ3v) is 2.05. The summed E-state index contributed by atoms with van der Waals surface area (Å²) in [7, 11) is 0. The SMILES string of the molecule is Cl.Nc1ncc(/C=C/C(=O)O)cc1CCC(=O)O. The number of nitrogens with zero attached hydrogens (tertiary/aromatic N) is 1. The van der Waals surface area contributed by atoms with Gasteiger partial charge in [-0.3, -0.25) is 4.79 Å². The summed E-state index contributed by atoms with van der Waals surface area (Å²) in [5.74, 6) is -1.72. The molecule has 0 aliphatic rings. The summed E-state index contributed by atoms with van der Waals surface area (Å²) in [5, 5.41) is 17.0. The first-order valence-electron chi connectivity index (χ1n) is 4.86. The first kappa shape index (κ1) is 15.9. The molecule has 6 nitrogen and oxygen atoms in total. The molecule has 7 heteroatoms. The van der Waals surface area contributed by atoms with Gasteiger partial charge in [0.2, 0.25) is 0 Å². The van der Waals surface area contributed by atoms with Crippen molar-refractivity contribution < 1.29 is 19.8 Å². The number of rotatable bonds is 5. The van der Waals surface area contributed by atoms with Crippen LogP contribution in [0.2, 0.25) is 0 Å². The van der Waals surface area contributed by atoms with Crippen LogP contribution in [0.25, 0.3) is 6.08 Å². The first-order valence-corrected chi connectivity index (χ1v) is 4.86. The van der Waals surface area contributed by atoms with Gasteiger partial charge in [0.15, 0.2) is 0 Å². The van der Waals surface area contributed by atoms with E-state index >= 15 is 0 Å². The van der Waals surface area contributed by atoms with Crippen LogP contribution >= 0.6 is 12.4 Å². The lowest BCUT2D eigenvalue weighted by Crippen LogP contribution is -2.02. The lowest BCUT2D eigenvalue weighted by molar-refractivity contribution is -0.137. The number of aryl methyl sites for hydroxylation is 1. The number of pyridine rings is 1. The largest absolute Gasteiger partial charge is 0.481 e. The van der Waals surface area contributed by atoms with Crippen LogP contribution in [0.4, 0.5) is 5.82 Å². The molecule has 0 fully saturated rings. The fraction of sp³-hybridized carbons (Fsp3) is 0.182. The predicted molar refractivity (Wildman–Crippen MR) is 68.5 cm³/mol. The van der Waals surface area contributed by atoms with Crippen LogP contribution in [-0.2, 0) is 16.0 Å². The van der Waals surface area contributed by atoms with Crippen LogP contribution in [0.1, 0.15) is 17.5 Å². The van der Waals surface area contributed by atoms with Gasteiger partial charge in [-0.05, 0) is 29.7 Å². The van der Waals surface area contributed by atoms with Crippen molar-refractivity contribution in [1.29, 1.82) is 0 Å². The molecule has 1 aromatic heterocycles. The molecule has 1 heterocycles. The minimum Gasteiger partial charge on any atom is -0.481 e. The van der Waals surface area contributed by atoms with Gasteiger partial charge in [-0.15, -0.1) is 12.4 Å². The Morgan fingerprint density at radius 2 is 2.06 bits per heavy atom. The Hall–Kier alpha value is -2.08. The van der Waals surface area contributed by atoms with E-state index in [4.69, 9.17) is 15.9 Å². The molecule has 0 unspecified atom stereocenters. The molecular weight excluding hydrogens is 260 g/mol. The average Bonchev–Trinajstić information content (AvgIpc) is 2.26. The van der Waals surface area contributed by atoms with E-state index in [1.807, 2.05) is 0 Å². The van der Waals surface area contributed by atoms with Crippen LogP contribution in [0.5, 0.6) is 0 Å². The number of carboxylic acids is 2. The summed E-state index contributed by atoms with van der Waals surface area (Å²) in [6, 6.07) is 1.63. The molecule has 98 valence electrons. The molecule has 0 radical (unpaired) electrons. The fourth-order valence-electron chi connectivity index (χ4n) is 1.24. The van der Waals surface area contributed by atoms with Crippen LogP contribution in [0.15, 0.2) is 18.3 Å². The van der Waals surface area contributed by atoms with Gasteiger partial charge in [-0.1, -0.05) is 0 Å². The van der Waals surface area contributed by atoms with Crippen molar-refractivity contribution in [3.63, 3.8) is 0 Å². The quantitative estimate of drug-likeness (QED) is 0.694. The number of carboxylic acid groups (broad SMARTS) is 2. The van der Waals surface area contributed by atoms with Crippen molar-refractivity contribution in [2.45, 2.75) is 12.8 Å². The zero-order chi connectivity index (χ0) is 12.8. The number of halogens is 1. The molecule has 0 bridgehead atoms. The number of nitrogens with two attached hydrogens (primary N) is 1. The molecule has 0 saturated heterocycles. The number of aromatic nitrogens is 1. The zero-order valence-corrected chi connectivity index (χ0v) is 10.2. The normalized spacial score (nSPS) is 10.0. The molecule has 0 amide bonds. The van der Waals surface area contributed by atoms with Gasteiger partial charge in [0.05, 0.1) is 0 Å². The smallest absolute Gasteiger partial charge is 0.328 e. The summed E-state index contributed by atoms with van der Waals surface area (Å²) in [5.41, 5.74) is 6.76. The predicted octanol–water partition coefficient (Wildman–Crippen LogP) is 1.20. The number of anilines is 1. The van der Waals surface area contributed by atoms with E-state index < -0.39 is 11.9 Å². The number of aliphatic carboxylic acids is 2. The molecule has 1 rings (SSSR count). The molecule has 0 saturated carbocycles. The monoisotopic (exact) mass is 272 g/mol. The topological polar surface area (TPSA) is 114 Å². The summed E-state index contributed by atoms with van der Waals surface area (Å²) >= 11 is 0. The van der Waals surface area contributed by atoms with Crippen LogP contribution in [0.3, 0.4) is 0 Å². The van der Waals surface area contributed by atoms with Gasteiger partial charge in [-0.2, -0.15) is 0 Å². The molecule has 1 aromatic rings. The highest BCUT2D eigenvalue weighted by molar-refractivity contribution is 5.85. The van der Waals surface area contributed by atoms with E-state index in [1.165, 1.54) is 12.3 Å². The van der Waals surface area contributed by atoms with Crippen molar-refractivity contribution in [3.05, 3.63) is 29.5 Å². The maximum absolute atomic E-state index is 10.4. The second kappa shape index (κ2) is 7.29. The summed E-state index contributed by atoms with van der Waals surface area (Å²) in [6.07, 6.45) is 4.01. The standard InChI is InChI=1S/C11H12N2O4.ClH/c12-11-8(2-4-10(16)17)5-7(6-13-11)1-3-9(14)15;/h1,3,5-6H,2,4H2,(H2,12,13)(H,14,15)(H,16,17);1H/b3-1+;. The van der Waals surface area contributed by atoms with E-state index in [9.17, 15) is 9.59 Å². The molecule has 0 aliphatic heterocycles. The first-order chi connectivity index (χ1) is 7.99. The number of carbonyl (C=O) groups is 2. The van der Waals surface area contributed by atoms with Crippen molar-refractivity contribution in [2.75, 3.05) is 5.73 Å². The van der Waals surface area contributed by atoms with Crippen LogP contribution in [-0.4, -0.2) is 27.1 Å². The van der Waals surface area contributed by atoms with Crippen LogP contribution < -0.4 is 5.73 Å². The highest BCUT2D eigenvalue weighted by atomic mass is 35.5. The summed E-state index contributed by atoms with van der Waals surface area (Å²) < 4.78 is 0. The molecule has 0 atom stereocenters. The molecule has 0 spiro atoms. The maximum Gasteiger partial charge on any atom is 0.328 e. The maximum atomic E-state index is 10.4. The van der Waals surface area contributed by atoms with Gasteiger partial charge < -0.3 is 15.9 Å². The van der Waals surface area contributed by atoms with Crippen molar-refractivity contribution in [3.8, 4) is 0 Å². The molecule has 0 aliphatic carbocycles. The second-order valence-electron chi connectivity index (χ2n) is 3.38. The fourth-order valence-corrected chi connectivity index (χ4v) is 1.24. The Labute approximate surface area is 110 Å². The number of nitrogen functional groups attached to an aromatic ring is 1. The third kappa shape index (κ3) is 5.31. The number of hydrogen-bond donors (Lipinski definition) is 3. The molecule has 4 N–H and O–H groups in total. The van der Waals surface area contributed by atoms with Crippen molar-refractivity contribution in [2.24, 2.45) is 0 Å². The van der Waals surface area contributed by atoms with Crippen LogP contribution in [0, 0.1) is 0 Å². The van der Waals surface area contributed by atoms with E-state index in [0.717, 1.165) is 6.08 Å². The minimum atomic E-state index is -1.06. The highest BCUT2D eigenvalue weighted by Gasteiger charge is 2.04. The summed E-state index contributed by atoms with van der Waals surface area (Å²) in [4.78, 5) is 24.6. The molecular formula is C11H13ClN2O4. The number of hydrogen-bond acceptors (Lipinski definition) is 4. The Bertz CT molecular complexity index is 474. The lowest BCUT2D eigenvalue weighted by Gasteiger charge is -2.04. The van der Waals surface area contributed by atoms with Gasteiger partial charge >= 0.3 is 11.9 Å².